The van der Waals surface area contributed by atoms with Gasteiger partial charge in [-0.1, -0.05) is 26.0 Å². The van der Waals surface area contributed by atoms with Gasteiger partial charge in [-0.3, -0.25) is 4.79 Å². The van der Waals surface area contributed by atoms with Crippen molar-refractivity contribution in [2.24, 2.45) is 0 Å². The minimum Gasteiger partial charge on any atom is -0.484 e. The first-order valence-corrected chi connectivity index (χ1v) is 9.22. The largest absolute Gasteiger partial charge is 0.484 e. The third-order valence-corrected chi connectivity index (χ3v) is 4.18. The van der Waals surface area contributed by atoms with E-state index in [-0.39, 0.29) is 24.6 Å². The smallest absolute Gasteiger partial charge is 0.338 e. The van der Waals surface area contributed by atoms with E-state index in [1.807, 2.05) is 24.3 Å². The highest BCUT2D eigenvalue weighted by atomic mass is 16.5. The molecule has 27 heavy (non-hydrogen) atoms. The van der Waals surface area contributed by atoms with Crippen LogP contribution < -0.4 is 10.1 Å². The van der Waals surface area contributed by atoms with Gasteiger partial charge in [0.1, 0.15) is 5.75 Å². The summed E-state index contributed by atoms with van der Waals surface area (Å²) in [5.74, 6) is 0.512. The highest BCUT2D eigenvalue weighted by molar-refractivity contribution is 5.93. The molecular formula is C22H27NO4. The summed E-state index contributed by atoms with van der Waals surface area (Å²) in [5, 5.41) is 2.74. The fourth-order valence-corrected chi connectivity index (χ4v) is 2.45. The average Bonchev–Trinajstić information content (AvgIpc) is 2.66. The summed E-state index contributed by atoms with van der Waals surface area (Å²) in [5.41, 5.74) is 2.29. The minimum atomic E-state index is -0.382. The van der Waals surface area contributed by atoms with Crippen molar-refractivity contribution in [1.29, 1.82) is 0 Å². The van der Waals surface area contributed by atoms with Crippen molar-refractivity contribution in [1.82, 2.24) is 0 Å². The molecule has 0 saturated heterocycles. The van der Waals surface area contributed by atoms with Crippen LogP contribution >= 0.6 is 0 Å². The molecule has 5 nitrogen and oxygen atoms in total. The number of ether oxygens (including phenoxy) is 2. The zero-order valence-electron chi connectivity index (χ0n) is 16.3. The monoisotopic (exact) mass is 369 g/mol. The fraction of sp³-hybridized carbons (Fsp3) is 0.364. The maximum absolute atomic E-state index is 12.0. The van der Waals surface area contributed by atoms with Crippen LogP contribution in [0.4, 0.5) is 5.69 Å². The molecule has 0 aromatic heterocycles. The van der Waals surface area contributed by atoms with Gasteiger partial charge in [0.25, 0.3) is 5.91 Å². The molecule has 2 aromatic carbocycles. The molecule has 0 aliphatic carbocycles. The molecule has 5 heteroatoms. The van der Waals surface area contributed by atoms with Crippen LogP contribution in [-0.4, -0.2) is 24.6 Å². The van der Waals surface area contributed by atoms with Gasteiger partial charge in [-0.2, -0.15) is 0 Å². The lowest BCUT2D eigenvalue weighted by Gasteiger charge is -2.11. The minimum absolute atomic E-state index is 0.0835. The molecule has 1 atom stereocenters. The number of hydrogen-bond donors (Lipinski definition) is 1. The Kier molecular flexibility index (Phi) is 7.41. The van der Waals surface area contributed by atoms with Gasteiger partial charge < -0.3 is 14.8 Å². The number of nitrogens with one attached hydrogen (secondary N) is 1. The molecule has 0 radical (unpaired) electrons. The van der Waals surface area contributed by atoms with Crippen LogP contribution in [0.2, 0.25) is 0 Å². The Hall–Kier alpha value is -2.82. The van der Waals surface area contributed by atoms with Gasteiger partial charge in [-0.05, 0) is 68.1 Å². The Morgan fingerprint density at radius 3 is 2.15 bits per heavy atom. The van der Waals surface area contributed by atoms with Gasteiger partial charge in [0.15, 0.2) is 6.61 Å². The van der Waals surface area contributed by atoms with E-state index in [4.69, 9.17) is 9.47 Å². The van der Waals surface area contributed by atoms with Crippen LogP contribution in [0.3, 0.4) is 0 Å². The first kappa shape index (κ1) is 20.5. The Morgan fingerprint density at radius 1 is 0.963 bits per heavy atom. The summed E-state index contributed by atoms with van der Waals surface area (Å²) >= 11 is 0. The first-order valence-electron chi connectivity index (χ1n) is 9.22. The van der Waals surface area contributed by atoms with E-state index in [9.17, 15) is 9.59 Å². The molecule has 0 saturated carbocycles. The zero-order valence-corrected chi connectivity index (χ0v) is 16.3. The maximum atomic E-state index is 12.0. The van der Waals surface area contributed by atoms with Crippen molar-refractivity contribution in [2.75, 3.05) is 11.9 Å². The Balaban J connectivity index is 1.84. The van der Waals surface area contributed by atoms with Crippen molar-refractivity contribution in [2.45, 2.75) is 46.1 Å². The maximum Gasteiger partial charge on any atom is 0.338 e. The Morgan fingerprint density at radius 2 is 1.59 bits per heavy atom. The predicted molar refractivity (Wildman–Crippen MR) is 106 cm³/mol. The van der Waals surface area contributed by atoms with Crippen LogP contribution in [0.25, 0.3) is 0 Å². The second-order valence-corrected chi connectivity index (χ2v) is 6.75. The van der Waals surface area contributed by atoms with Crippen molar-refractivity contribution < 1.29 is 19.1 Å². The van der Waals surface area contributed by atoms with Gasteiger partial charge in [-0.25, -0.2) is 4.79 Å². The van der Waals surface area contributed by atoms with E-state index in [0.717, 1.165) is 6.42 Å². The number of amides is 1. The quantitative estimate of drug-likeness (QED) is 0.680. The number of esters is 1. The van der Waals surface area contributed by atoms with Crippen LogP contribution in [0.15, 0.2) is 48.5 Å². The number of rotatable bonds is 8. The van der Waals surface area contributed by atoms with Crippen LogP contribution in [0, 0.1) is 0 Å². The molecule has 0 unspecified atom stereocenters. The highest BCUT2D eigenvalue weighted by Crippen LogP contribution is 2.21. The third kappa shape index (κ3) is 6.44. The molecule has 1 N–H and O–H groups in total. The van der Waals surface area contributed by atoms with Crippen LogP contribution in [0.1, 0.15) is 56.0 Å². The van der Waals surface area contributed by atoms with Gasteiger partial charge in [-0.15, -0.1) is 0 Å². The summed E-state index contributed by atoms with van der Waals surface area (Å²) in [6, 6.07) is 14.4. The topological polar surface area (TPSA) is 64.6 Å². The van der Waals surface area contributed by atoms with Crippen molar-refractivity contribution in [3.8, 4) is 5.75 Å². The average molecular weight is 369 g/mol. The molecule has 0 fully saturated rings. The molecule has 0 heterocycles. The Bertz CT molecular complexity index is 751. The number of carbonyl (C=O) groups excluding carboxylic acids is 2. The van der Waals surface area contributed by atoms with Crippen molar-refractivity contribution in [3.63, 3.8) is 0 Å². The molecule has 2 aromatic rings. The second-order valence-electron chi connectivity index (χ2n) is 6.75. The van der Waals surface area contributed by atoms with E-state index in [1.54, 1.807) is 38.1 Å². The lowest BCUT2D eigenvalue weighted by molar-refractivity contribution is -0.118. The van der Waals surface area contributed by atoms with Crippen LogP contribution in [0.5, 0.6) is 5.75 Å². The predicted octanol–water partition coefficient (Wildman–Crippen LogP) is 4.78. The van der Waals surface area contributed by atoms with Gasteiger partial charge in [0.2, 0.25) is 0 Å². The summed E-state index contributed by atoms with van der Waals surface area (Å²) in [6.45, 7) is 7.84. The summed E-state index contributed by atoms with van der Waals surface area (Å²) in [6.07, 6.45) is 0.907. The van der Waals surface area contributed by atoms with Gasteiger partial charge >= 0.3 is 5.97 Å². The van der Waals surface area contributed by atoms with Crippen LogP contribution in [-0.2, 0) is 9.53 Å². The SMILES string of the molecule is CC[C@@H](C)c1ccc(OCC(=O)Nc2ccc(C(=O)OC(C)C)cc2)cc1. The van der Waals surface area contributed by atoms with Crippen molar-refractivity contribution in [3.05, 3.63) is 59.7 Å². The highest BCUT2D eigenvalue weighted by Gasteiger charge is 2.10. The standard InChI is InChI=1S/C22H27NO4/c1-5-16(4)17-8-12-20(13-9-17)26-14-21(24)23-19-10-6-18(7-11-19)22(25)27-15(2)3/h6-13,15-16H,5,14H2,1-4H3,(H,23,24)/t16-/m1/s1. The Labute approximate surface area is 160 Å². The number of benzene rings is 2. The molecule has 144 valence electrons. The molecule has 0 aliphatic heterocycles. The van der Waals surface area contributed by atoms with Crippen molar-refractivity contribution >= 4 is 17.6 Å². The summed E-state index contributed by atoms with van der Waals surface area (Å²) in [4.78, 5) is 23.8. The third-order valence-electron chi connectivity index (χ3n) is 4.18. The number of carbonyl (C=O) groups is 2. The number of hydrogen-bond acceptors (Lipinski definition) is 4. The van der Waals surface area contributed by atoms with E-state index in [1.165, 1.54) is 5.56 Å². The molecule has 1 amide bonds. The first-order chi connectivity index (χ1) is 12.9. The zero-order chi connectivity index (χ0) is 19.8. The molecule has 2 rings (SSSR count). The fourth-order valence-electron chi connectivity index (χ4n) is 2.45. The van der Waals surface area contributed by atoms with E-state index >= 15 is 0 Å². The molecule has 0 bridgehead atoms. The van der Waals surface area contributed by atoms with Gasteiger partial charge in [0, 0.05) is 5.69 Å². The lowest BCUT2D eigenvalue weighted by Crippen LogP contribution is -2.20. The van der Waals surface area contributed by atoms with E-state index in [0.29, 0.717) is 22.9 Å². The molecule has 0 aliphatic rings. The second kappa shape index (κ2) is 9.76. The summed E-state index contributed by atoms with van der Waals surface area (Å²) in [7, 11) is 0. The van der Waals surface area contributed by atoms with E-state index < -0.39 is 0 Å². The van der Waals surface area contributed by atoms with E-state index in [2.05, 4.69) is 19.2 Å². The molecule has 0 spiro atoms. The molecular weight excluding hydrogens is 342 g/mol. The lowest BCUT2D eigenvalue weighted by atomic mass is 9.99. The summed E-state index contributed by atoms with van der Waals surface area (Å²) < 4.78 is 10.7. The van der Waals surface area contributed by atoms with Gasteiger partial charge in [0.05, 0.1) is 11.7 Å². The number of anilines is 1. The normalized spacial score (nSPS) is 11.7.